The lowest BCUT2D eigenvalue weighted by Crippen LogP contribution is -2.60. The number of hydrogen-bond donors (Lipinski definition) is 1. The van der Waals surface area contributed by atoms with Gasteiger partial charge in [-0.3, -0.25) is 4.90 Å². The molecule has 0 aliphatic carbocycles. The van der Waals surface area contributed by atoms with Crippen LogP contribution in [-0.4, -0.2) is 67.4 Å². The normalized spacial score (nSPS) is 20.4. The zero-order chi connectivity index (χ0) is 12.9. The zero-order valence-corrected chi connectivity index (χ0v) is 12.3. The molecule has 100 valence electrons. The van der Waals surface area contributed by atoms with Gasteiger partial charge in [-0.2, -0.15) is 0 Å². The molecule has 1 saturated heterocycles. The highest BCUT2D eigenvalue weighted by Gasteiger charge is 2.31. The van der Waals surface area contributed by atoms with E-state index in [0.717, 1.165) is 44.3 Å². The van der Waals surface area contributed by atoms with Gasteiger partial charge >= 0.3 is 0 Å². The van der Waals surface area contributed by atoms with Crippen molar-refractivity contribution in [3.63, 3.8) is 0 Å². The van der Waals surface area contributed by atoms with Crippen molar-refractivity contribution in [3.05, 3.63) is 0 Å². The predicted octanol–water partition coefficient (Wildman–Crippen LogP) is 0.923. The second kappa shape index (κ2) is 6.52. The first-order chi connectivity index (χ1) is 7.97. The van der Waals surface area contributed by atoms with Crippen LogP contribution in [0.3, 0.4) is 0 Å². The molecule has 0 aromatic carbocycles. The Morgan fingerprint density at radius 1 is 1.41 bits per heavy atom. The van der Waals surface area contributed by atoms with Gasteiger partial charge in [0.1, 0.15) is 0 Å². The van der Waals surface area contributed by atoms with Gasteiger partial charge in [0.05, 0.1) is 0 Å². The monoisotopic (exact) mass is 259 g/mol. The van der Waals surface area contributed by atoms with Gasteiger partial charge in [-0.05, 0) is 39.5 Å². The maximum atomic E-state index is 5.42. The standard InChI is InChI=1S/C12H25N3OS/c1-12(2)10-15(8-7-14(12)3)11(17)13-6-5-9-16-4/h5-10H2,1-4H3,(H,13,17). The summed E-state index contributed by atoms with van der Waals surface area (Å²) >= 11 is 5.42. The van der Waals surface area contributed by atoms with Gasteiger partial charge in [-0.15, -0.1) is 0 Å². The van der Waals surface area contributed by atoms with Crippen LogP contribution in [0.15, 0.2) is 0 Å². The van der Waals surface area contributed by atoms with Gasteiger partial charge in [-0.1, -0.05) is 0 Å². The van der Waals surface area contributed by atoms with Crippen molar-refractivity contribution in [3.8, 4) is 0 Å². The molecule has 0 atom stereocenters. The van der Waals surface area contributed by atoms with Gasteiger partial charge in [0.25, 0.3) is 0 Å². The molecular formula is C12H25N3OS. The third-order valence-corrected chi connectivity index (χ3v) is 3.81. The Kier molecular flexibility index (Phi) is 5.62. The Morgan fingerprint density at radius 3 is 2.71 bits per heavy atom. The van der Waals surface area contributed by atoms with Crippen LogP contribution in [0, 0.1) is 0 Å². The number of nitrogens with one attached hydrogen (secondary N) is 1. The number of nitrogens with zero attached hydrogens (tertiary/aromatic N) is 2. The predicted molar refractivity (Wildman–Crippen MR) is 75.4 cm³/mol. The summed E-state index contributed by atoms with van der Waals surface area (Å²) in [6.45, 7) is 9.24. The summed E-state index contributed by atoms with van der Waals surface area (Å²) in [5.74, 6) is 0. The molecule has 1 N–H and O–H groups in total. The van der Waals surface area contributed by atoms with Crippen molar-refractivity contribution in [2.75, 3.05) is 46.9 Å². The fraction of sp³-hybridized carbons (Fsp3) is 0.917. The fourth-order valence-electron chi connectivity index (χ4n) is 1.94. The summed E-state index contributed by atoms with van der Waals surface area (Å²) < 4.78 is 5.01. The molecule has 0 amide bonds. The van der Waals surface area contributed by atoms with E-state index < -0.39 is 0 Å². The van der Waals surface area contributed by atoms with Crippen LogP contribution >= 0.6 is 12.2 Å². The summed E-state index contributed by atoms with van der Waals surface area (Å²) in [5.41, 5.74) is 0.191. The van der Waals surface area contributed by atoms with Crippen molar-refractivity contribution in [1.29, 1.82) is 0 Å². The molecule has 0 radical (unpaired) electrons. The van der Waals surface area contributed by atoms with Crippen molar-refractivity contribution >= 4 is 17.3 Å². The third kappa shape index (κ3) is 4.41. The van der Waals surface area contributed by atoms with Gasteiger partial charge in [0.2, 0.25) is 0 Å². The largest absolute Gasteiger partial charge is 0.385 e. The first kappa shape index (κ1) is 14.7. The molecule has 0 spiro atoms. The Balaban J connectivity index is 2.33. The lowest BCUT2D eigenvalue weighted by molar-refractivity contribution is 0.0739. The molecule has 17 heavy (non-hydrogen) atoms. The number of rotatable bonds is 4. The van der Waals surface area contributed by atoms with E-state index in [1.165, 1.54) is 0 Å². The molecule has 0 aromatic rings. The maximum absolute atomic E-state index is 5.42. The van der Waals surface area contributed by atoms with Crippen LogP contribution in [0.2, 0.25) is 0 Å². The van der Waals surface area contributed by atoms with Gasteiger partial charge in [-0.25, -0.2) is 0 Å². The van der Waals surface area contributed by atoms with Gasteiger partial charge < -0.3 is 15.0 Å². The number of hydrogen-bond acceptors (Lipinski definition) is 3. The van der Waals surface area contributed by atoms with E-state index in [9.17, 15) is 0 Å². The summed E-state index contributed by atoms with van der Waals surface area (Å²) in [6.07, 6.45) is 0.994. The van der Waals surface area contributed by atoms with Crippen LogP contribution in [0.4, 0.5) is 0 Å². The molecule has 4 nitrogen and oxygen atoms in total. The average Bonchev–Trinajstić information content (AvgIpc) is 2.28. The van der Waals surface area contributed by atoms with Crippen molar-refractivity contribution in [1.82, 2.24) is 15.1 Å². The van der Waals surface area contributed by atoms with E-state index in [4.69, 9.17) is 17.0 Å². The van der Waals surface area contributed by atoms with E-state index in [2.05, 4.69) is 36.0 Å². The first-order valence-electron chi connectivity index (χ1n) is 6.20. The van der Waals surface area contributed by atoms with Crippen LogP contribution < -0.4 is 5.32 Å². The average molecular weight is 259 g/mol. The number of likely N-dealkylation sites (N-methyl/N-ethyl adjacent to an activating group) is 1. The van der Waals surface area contributed by atoms with E-state index in [0.29, 0.717) is 0 Å². The van der Waals surface area contributed by atoms with Crippen LogP contribution in [0.1, 0.15) is 20.3 Å². The second-order valence-corrected chi connectivity index (χ2v) is 5.62. The minimum Gasteiger partial charge on any atom is -0.385 e. The van der Waals surface area contributed by atoms with Gasteiger partial charge in [0, 0.05) is 45.4 Å². The summed E-state index contributed by atoms with van der Waals surface area (Å²) in [6, 6.07) is 0. The first-order valence-corrected chi connectivity index (χ1v) is 6.61. The molecule has 0 saturated carbocycles. The van der Waals surface area contributed by atoms with Crippen LogP contribution in [0.25, 0.3) is 0 Å². The maximum Gasteiger partial charge on any atom is 0.169 e. The molecule has 5 heteroatoms. The molecule has 1 aliphatic rings. The number of ether oxygens (including phenoxy) is 1. The second-order valence-electron chi connectivity index (χ2n) is 5.23. The Hall–Kier alpha value is -0.390. The molecular weight excluding hydrogens is 234 g/mol. The van der Waals surface area contributed by atoms with Crippen LogP contribution in [-0.2, 0) is 4.74 Å². The highest BCUT2D eigenvalue weighted by atomic mass is 32.1. The smallest absolute Gasteiger partial charge is 0.169 e. The van der Waals surface area contributed by atoms with Crippen molar-refractivity contribution < 1.29 is 4.74 Å². The highest BCUT2D eigenvalue weighted by molar-refractivity contribution is 7.80. The van der Waals surface area contributed by atoms with Crippen molar-refractivity contribution in [2.24, 2.45) is 0 Å². The molecule has 0 aromatic heterocycles. The number of piperazine rings is 1. The molecule has 1 heterocycles. The topological polar surface area (TPSA) is 27.7 Å². The Bertz CT molecular complexity index is 258. The van der Waals surface area contributed by atoms with E-state index in [1.807, 2.05) is 0 Å². The highest BCUT2D eigenvalue weighted by Crippen LogP contribution is 2.18. The molecule has 1 aliphatic heterocycles. The minimum atomic E-state index is 0.191. The minimum absolute atomic E-state index is 0.191. The van der Waals surface area contributed by atoms with E-state index >= 15 is 0 Å². The van der Waals surface area contributed by atoms with Crippen molar-refractivity contribution in [2.45, 2.75) is 25.8 Å². The molecule has 1 rings (SSSR count). The fourth-order valence-corrected chi connectivity index (χ4v) is 2.20. The SMILES string of the molecule is COCCCNC(=S)N1CCN(C)C(C)(C)C1. The van der Waals surface area contributed by atoms with Gasteiger partial charge in [0.15, 0.2) is 5.11 Å². The summed E-state index contributed by atoms with van der Waals surface area (Å²) in [7, 11) is 3.90. The molecule has 1 fully saturated rings. The van der Waals surface area contributed by atoms with E-state index in [1.54, 1.807) is 7.11 Å². The van der Waals surface area contributed by atoms with Crippen LogP contribution in [0.5, 0.6) is 0 Å². The summed E-state index contributed by atoms with van der Waals surface area (Å²) in [4.78, 5) is 4.65. The quantitative estimate of drug-likeness (QED) is 0.599. The number of thiocarbonyl (C=S) groups is 1. The Morgan fingerprint density at radius 2 is 2.12 bits per heavy atom. The van der Waals surface area contributed by atoms with E-state index in [-0.39, 0.29) is 5.54 Å². The summed E-state index contributed by atoms with van der Waals surface area (Å²) in [5, 5.41) is 4.18. The molecule has 0 bridgehead atoms. The zero-order valence-electron chi connectivity index (χ0n) is 11.5. The lowest BCUT2D eigenvalue weighted by Gasteiger charge is -2.46. The third-order valence-electron chi connectivity index (χ3n) is 3.41. The Labute approximate surface area is 110 Å². The number of methoxy groups -OCH3 is 1. The molecule has 0 unspecified atom stereocenters. The lowest BCUT2D eigenvalue weighted by atomic mass is 10.0.